The van der Waals surface area contributed by atoms with Gasteiger partial charge in [-0.1, -0.05) is 6.07 Å². The zero-order valence-electron chi connectivity index (χ0n) is 13.6. The molecule has 0 saturated heterocycles. The monoisotopic (exact) mass is 315 g/mol. The minimum absolute atomic E-state index is 0.0465. The Morgan fingerprint density at radius 2 is 1.96 bits per heavy atom. The molecule has 0 atom stereocenters. The molecule has 1 aromatic carbocycles. The fourth-order valence-electron chi connectivity index (χ4n) is 2.31. The second-order valence-corrected chi connectivity index (χ2v) is 5.55. The highest BCUT2D eigenvalue weighted by molar-refractivity contribution is 5.93. The molecule has 0 radical (unpaired) electrons. The van der Waals surface area contributed by atoms with Gasteiger partial charge >= 0.3 is 0 Å². The summed E-state index contributed by atoms with van der Waals surface area (Å²) in [5, 5.41) is 0. The van der Waals surface area contributed by atoms with Crippen molar-refractivity contribution in [2.45, 2.75) is 20.3 Å². The maximum absolute atomic E-state index is 12.1. The van der Waals surface area contributed by atoms with Crippen LogP contribution in [0.15, 0.2) is 35.5 Å². The molecular formula is C17H21N3O3. The Morgan fingerprint density at radius 3 is 2.61 bits per heavy atom. The lowest BCUT2D eigenvalue weighted by Gasteiger charge is -2.16. The molecule has 1 amide bonds. The first-order chi connectivity index (χ1) is 11.0. The second-order valence-electron chi connectivity index (χ2n) is 5.55. The molecule has 0 saturated carbocycles. The number of aryl methyl sites for hydroxylation is 2. The summed E-state index contributed by atoms with van der Waals surface area (Å²) in [7, 11) is 1.66. The number of nitrogens with one attached hydrogen (secondary N) is 1. The third-order valence-corrected chi connectivity index (χ3v) is 3.40. The Morgan fingerprint density at radius 1 is 1.26 bits per heavy atom. The van der Waals surface area contributed by atoms with E-state index in [0.717, 1.165) is 16.9 Å². The summed E-state index contributed by atoms with van der Waals surface area (Å²) >= 11 is 0. The molecular weight excluding hydrogens is 294 g/mol. The van der Waals surface area contributed by atoms with E-state index in [2.05, 4.69) is 16.0 Å². The Balaban J connectivity index is 1.83. The Labute approximate surface area is 135 Å². The Kier molecular flexibility index (Phi) is 5.51. The van der Waals surface area contributed by atoms with Gasteiger partial charge in [0.15, 0.2) is 0 Å². The van der Waals surface area contributed by atoms with Crippen LogP contribution in [-0.4, -0.2) is 41.0 Å². The summed E-state index contributed by atoms with van der Waals surface area (Å²) in [4.78, 5) is 31.4. The summed E-state index contributed by atoms with van der Waals surface area (Å²) in [6, 6.07) is 6.05. The molecule has 0 aliphatic carbocycles. The molecule has 1 heterocycles. The van der Waals surface area contributed by atoms with Crippen molar-refractivity contribution in [3.8, 4) is 5.75 Å². The zero-order chi connectivity index (χ0) is 16.8. The van der Waals surface area contributed by atoms with E-state index in [1.807, 2.05) is 26.0 Å². The molecule has 0 fully saturated rings. The minimum Gasteiger partial charge on any atom is -0.494 e. The van der Waals surface area contributed by atoms with Crippen LogP contribution in [0.4, 0.5) is 0 Å². The molecule has 0 aliphatic rings. The van der Waals surface area contributed by atoms with Gasteiger partial charge in [-0.15, -0.1) is 0 Å². The molecule has 0 unspecified atom stereocenters. The SMILES string of the molecule is Cc1cc(C)cc(OCCCN(C)C(=O)c2cnc[nH]c2=O)c1. The highest BCUT2D eigenvalue weighted by Gasteiger charge is 2.15. The van der Waals surface area contributed by atoms with Gasteiger partial charge < -0.3 is 14.6 Å². The van der Waals surface area contributed by atoms with Crippen LogP contribution in [0.1, 0.15) is 27.9 Å². The lowest BCUT2D eigenvalue weighted by Crippen LogP contribution is -2.33. The third kappa shape index (κ3) is 4.67. The first-order valence-corrected chi connectivity index (χ1v) is 7.46. The van der Waals surface area contributed by atoms with Crippen LogP contribution in [0.25, 0.3) is 0 Å². The van der Waals surface area contributed by atoms with Crippen molar-refractivity contribution in [3.63, 3.8) is 0 Å². The third-order valence-electron chi connectivity index (χ3n) is 3.40. The fourth-order valence-corrected chi connectivity index (χ4v) is 2.31. The van der Waals surface area contributed by atoms with E-state index in [0.29, 0.717) is 19.6 Å². The van der Waals surface area contributed by atoms with Crippen molar-refractivity contribution >= 4 is 5.91 Å². The van der Waals surface area contributed by atoms with Gasteiger partial charge in [-0.05, 0) is 43.5 Å². The summed E-state index contributed by atoms with van der Waals surface area (Å²) in [5.41, 5.74) is 1.93. The topological polar surface area (TPSA) is 75.3 Å². The number of hydrogen-bond acceptors (Lipinski definition) is 4. The Bertz CT molecular complexity index is 720. The summed E-state index contributed by atoms with van der Waals surface area (Å²) in [5.74, 6) is 0.492. The smallest absolute Gasteiger partial charge is 0.263 e. The average Bonchev–Trinajstić information content (AvgIpc) is 2.50. The highest BCUT2D eigenvalue weighted by atomic mass is 16.5. The van der Waals surface area contributed by atoms with E-state index in [-0.39, 0.29) is 11.5 Å². The number of ether oxygens (including phenoxy) is 1. The van der Waals surface area contributed by atoms with Gasteiger partial charge in [0.1, 0.15) is 11.3 Å². The number of rotatable bonds is 6. The maximum atomic E-state index is 12.1. The van der Waals surface area contributed by atoms with Gasteiger partial charge in [-0.3, -0.25) is 9.59 Å². The zero-order valence-corrected chi connectivity index (χ0v) is 13.6. The first-order valence-electron chi connectivity index (χ1n) is 7.46. The van der Waals surface area contributed by atoms with E-state index >= 15 is 0 Å². The van der Waals surface area contributed by atoms with Crippen LogP contribution in [0, 0.1) is 13.8 Å². The number of benzene rings is 1. The maximum Gasteiger partial charge on any atom is 0.263 e. The second kappa shape index (κ2) is 7.58. The van der Waals surface area contributed by atoms with Crippen molar-refractivity contribution in [1.82, 2.24) is 14.9 Å². The molecule has 23 heavy (non-hydrogen) atoms. The van der Waals surface area contributed by atoms with Crippen molar-refractivity contribution in [1.29, 1.82) is 0 Å². The molecule has 6 heteroatoms. The molecule has 0 spiro atoms. The van der Waals surface area contributed by atoms with Gasteiger partial charge in [-0.25, -0.2) is 4.98 Å². The van der Waals surface area contributed by atoms with Crippen LogP contribution in [0.3, 0.4) is 0 Å². The van der Waals surface area contributed by atoms with Crippen molar-refractivity contribution in [2.24, 2.45) is 0 Å². The molecule has 0 aliphatic heterocycles. The van der Waals surface area contributed by atoms with Gasteiger partial charge in [0.25, 0.3) is 11.5 Å². The molecule has 1 aromatic heterocycles. The number of H-pyrrole nitrogens is 1. The molecule has 122 valence electrons. The number of aromatic nitrogens is 2. The lowest BCUT2D eigenvalue weighted by molar-refractivity contribution is 0.0785. The molecule has 6 nitrogen and oxygen atoms in total. The van der Waals surface area contributed by atoms with Crippen LogP contribution in [0.2, 0.25) is 0 Å². The highest BCUT2D eigenvalue weighted by Crippen LogP contribution is 2.16. The number of nitrogens with zero attached hydrogens (tertiary/aromatic N) is 2. The number of amides is 1. The summed E-state index contributed by atoms with van der Waals surface area (Å²) in [6.45, 7) is 5.05. The Hall–Kier alpha value is -2.63. The minimum atomic E-state index is -0.427. The fraction of sp³-hybridized carbons (Fsp3) is 0.353. The first kappa shape index (κ1) is 16.7. The molecule has 2 rings (SSSR count). The number of hydrogen-bond donors (Lipinski definition) is 1. The van der Waals surface area contributed by atoms with E-state index in [9.17, 15) is 9.59 Å². The van der Waals surface area contributed by atoms with Crippen LogP contribution in [-0.2, 0) is 0 Å². The van der Waals surface area contributed by atoms with Crippen LogP contribution >= 0.6 is 0 Å². The standard InChI is InChI=1S/C17H21N3O3/c1-12-7-13(2)9-14(8-12)23-6-4-5-20(3)17(22)15-10-18-11-19-16(15)21/h7-11H,4-6H2,1-3H3,(H,18,19,21). The largest absolute Gasteiger partial charge is 0.494 e. The van der Waals surface area contributed by atoms with E-state index in [1.54, 1.807) is 7.05 Å². The summed E-state index contributed by atoms with van der Waals surface area (Å²) in [6.07, 6.45) is 3.22. The van der Waals surface area contributed by atoms with E-state index in [1.165, 1.54) is 17.4 Å². The number of carbonyl (C=O) groups excluding carboxylic acids is 1. The number of carbonyl (C=O) groups is 1. The normalized spacial score (nSPS) is 10.4. The quantitative estimate of drug-likeness (QED) is 0.827. The molecule has 1 N–H and O–H groups in total. The molecule has 0 bridgehead atoms. The van der Waals surface area contributed by atoms with Crippen molar-refractivity contribution in [3.05, 3.63) is 57.8 Å². The predicted molar refractivity (Wildman–Crippen MR) is 87.8 cm³/mol. The number of aromatic amines is 1. The van der Waals surface area contributed by atoms with Crippen molar-refractivity contribution < 1.29 is 9.53 Å². The van der Waals surface area contributed by atoms with Crippen LogP contribution in [0.5, 0.6) is 5.75 Å². The predicted octanol–water partition coefficient (Wildman–Crippen LogP) is 1.93. The van der Waals surface area contributed by atoms with Gasteiger partial charge in [-0.2, -0.15) is 0 Å². The van der Waals surface area contributed by atoms with E-state index in [4.69, 9.17) is 4.74 Å². The lowest BCUT2D eigenvalue weighted by atomic mass is 10.1. The van der Waals surface area contributed by atoms with E-state index < -0.39 is 5.56 Å². The van der Waals surface area contributed by atoms with Gasteiger partial charge in [0.05, 0.1) is 12.9 Å². The van der Waals surface area contributed by atoms with Gasteiger partial charge in [0.2, 0.25) is 0 Å². The van der Waals surface area contributed by atoms with Gasteiger partial charge in [0, 0.05) is 19.8 Å². The average molecular weight is 315 g/mol. The van der Waals surface area contributed by atoms with Crippen molar-refractivity contribution in [2.75, 3.05) is 20.2 Å². The van der Waals surface area contributed by atoms with Crippen LogP contribution < -0.4 is 10.3 Å². The summed E-state index contributed by atoms with van der Waals surface area (Å²) < 4.78 is 5.71. The molecule has 2 aromatic rings.